The van der Waals surface area contributed by atoms with Crippen molar-refractivity contribution in [3.05, 3.63) is 125 Å². The van der Waals surface area contributed by atoms with Gasteiger partial charge in [-0.1, -0.05) is 60.9 Å². The molecule has 0 aliphatic carbocycles. The maximum atomic E-state index is 13.5. The topological polar surface area (TPSA) is 157 Å². The number of unbranched alkanes of at least 4 members (excludes halogenated alkanes) is 4. The summed E-state index contributed by atoms with van der Waals surface area (Å²) in [5.41, 5.74) is 6.52. The van der Waals surface area contributed by atoms with Crippen LogP contribution < -0.4 is 15.0 Å². The van der Waals surface area contributed by atoms with Gasteiger partial charge in [0.2, 0.25) is 0 Å². The molecule has 0 radical (unpaired) electrons. The van der Waals surface area contributed by atoms with Gasteiger partial charge in [-0.2, -0.15) is 0 Å². The van der Waals surface area contributed by atoms with Crippen molar-refractivity contribution in [3.8, 4) is 17.1 Å². The molecular formula is C45H46N6O6S. The Kier molecular flexibility index (Phi) is 13.3. The molecule has 1 aliphatic rings. The summed E-state index contributed by atoms with van der Waals surface area (Å²) in [6.45, 7) is 1.60. The highest BCUT2D eigenvalue weighted by Gasteiger charge is 2.25. The van der Waals surface area contributed by atoms with Crippen LogP contribution in [-0.4, -0.2) is 63.1 Å². The molecule has 0 saturated heterocycles. The molecule has 0 fully saturated rings. The molecule has 3 aromatic heterocycles. The molecule has 0 saturated carbocycles. The molecule has 298 valence electrons. The lowest BCUT2D eigenvalue weighted by Gasteiger charge is -2.31. The van der Waals surface area contributed by atoms with Gasteiger partial charge in [-0.3, -0.25) is 14.9 Å². The number of aliphatic carboxylic acids is 1. The average Bonchev–Trinajstić information content (AvgIpc) is 3.67. The normalized spacial score (nSPS) is 12.3. The van der Waals surface area contributed by atoms with Crippen LogP contribution in [0.4, 0.5) is 10.9 Å². The number of hydrogen-bond acceptors (Lipinski definition) is 11. The maximum Gasteiger partial charge on any atom is 0.357 e. The van der Waals surface area contributed by atoms with Crippen LogP contribution in [0.2, 0.25) is 0 Å². The number of carbonyl (C=O) groups is 3. The Balaban J connectivity index is 0.911. The number of carbonyl (C=O) groups excluding carboxylic acids is 2. The standard InChI is InChI=1S/C45H46N6O6S/c1-56-44(55)41-32(13-10-26-57-34-21-18-33(19-22-34)42-46-27-30(28-47-42)11-5-3-2-4-6-17-40(52)53)20-23-39(49-41)51-25-24-31-12-9-14-35(36(31)29-51)43(54)50-45-48-37-15-7-8-16-38(37)58-45/h7-9,12,14-16,18-23,27-28H,2-6,10-11,13,17,24-26,29H2,1H3,(H,52,53)(H,48,50,54). The Labute approximate surface area is 341 Å². The maximum absolute atomic E-state index is 13.5. The molecule has 13 heteroatoms. The highest BCUT2D eigenvalue weighted by molar-refractivity contribution is 7.22. The monoisotopic (exact) mass is 798 g/mol. The fraction of sp³-hybridized carbons (Fsp3) is 0.311. The molecule has 7 rings (SSSR count). The first kappa shape index (κ1) is 40.0. The first-order valence-electron chi connectivity index (χ1n) is 19.7. The molecule has 4 heterocycles. The molecule has 1 aliphatic heterocycles. The summed E-state index contributed by atoms with van der Waals surface area (Å²) in [5.74, 6) is 0.586. The number of benzene rings is 3. The van der Waals surface area contributed by atoms with Crippen molar-refractivity contribution < 1.29 is 29.0 Å². The van der Waals surface area contributed by atoms with Crippen LogP contribution in [0.5, 0.6) is 5.75 Å². The molecule has 0 bridgehead atoms. The minimum absolute atomic E-state index is 0.207. The summed E-state index contributed by atoms with van der Waals surface area (Å²) in [5, 5.41) is 12.3. The summed E-state index contributed by atoms with van der Waals surface area (Å²) in [6.07, 6.45) is 11.6. The number of ether oxygens (including phenoxy) is 2. The number of aromatic nitrogens is 4. The van der Waals surface area contributed by atoms with Crippen LogP contribution in [0.25, 0.3) is 21.6 Å². The number of nitrogens with one attached hydrogen (secondary N) is 1. The Bertz CT molecular complexity index is 2330. The predicted octanol–water partition coefficient (Wildman–Crippen LogP) is 8.73. The lowest BCUT2D eigenvalue weighted by atomic mass is 9.94. The van der Waals surface area contributed by atoms with Crippen LogP contribution in [0.15, 0.2) is 91.3 Å². The van der Waals surface area contributed by atoms with Gasteiger partial charge < -0.3 is 19.5 Å². The van der Waals surface area contributed by atoms with E-state index in [9.17, 15) is 14.4 Å². The van der Waals surface area contributed by atoms with Crippen molar-refractivity contribution in [2.75, 3.05) is 30.5 Å². The zero-order valence-corrected chi connectivity index (χ0v) is 33.3. The number of para-hydroxylation sites is 1. The Morgan fingerprint density at radius 2 is 1.64 bits per heavy atom. The van der Waals surface area contributed by atoms with Gasteiger partial charge in [0.15, 0.2) is 16.6 Å². The predicted molar refractivity (Wildman–Crippen MR) is 225 cm³/mol. The molecule has 6 aromatic rings. The van der Waals surface area contributed by atoms with E-state index in [0.29, 0.717) is 54.9 Å². The summed E-state index contributed by atoms with van der Waals surface area (Å²) < 4.78 is 12.2. The number of hydrogen-bond donors (Lipinski definition) is 2. The first-order chi connectivity index (χ1) is 28.3. The molecule has 0 unspecified atom stereocenters. The number of carboxylic acids is 1. The van der Waals surface area contributed by atoms with Gasteiger partial charge >= 0.3 is 11.9 Å². The molecule has 1 amide bonds. The molecule has 12 nitrogen and oxygen atoms in total. The second-order valence-electron chi connectivity index (χ2n) is 14.3. The molecule has 0 spiro atoms. The summed E-state index contributed by atoms with van der Waals surface area (Å²) in [7, 11) is 1.36. The number of thiazole rings is 1. The minimum atomic E-state index is -0.729. The van der Waals surface area contributed by atoms with Crippen LogP contribution in [-0.2, 0) is 35.3 Å². The molecular weight excluding hydrogens is 753 g/mol. The van der Waals surface area contributed by atoms with Gasteiger partial charge in [0.05, 0.1) is 23.9 Å². The summed E-state index contributed by atoms with van der Waals surface area (Å²) >= 11 is 1.44. The van der Waals surface area contributed by atoms with E-state index in [4.69, 9.17) is 19.6 Å². The molecule has 58 heavy (non-hydrogen) atoms. The second kappa shape index (κ2) is 19.3. The van der Waals surface area contributed by atoms with Gasteiger partial charge in [0, 0.05) is 43.0 Å². The zero-order valence-electron chi connectivity index (χ0n) is 32.5. The number of carboxylic acid groups (broad SMARTS) is 1. The number of nitrogens with zero attached hydrogens (tertiary/aromatic N) is 5. The van der Waals surface area contributed by atoms with E-state index in [2.05, 4.69) is 31.2 Å². The minimum Gasteiger partial charge on any atom is -0.494 e. The SMILES string of the molecule is COC(=O)c1nc(N2CCc3cccc(C(=O)Nc4nc5ccccc5s4)c3C2)ccc1CCCOc1ccc(-c2ncc(CCCCCCCC(=O)O)cn2)cc1. The van der Waals surface area contributed by atoms with Crippen LogP contribution in [0.1, 0.15) is 88.0 Å². The second-order valence-corrected chi connectivity index (χ2v) is 15.3. The number of pyridine rings is 1. The van der Waals surface area contributed by atoms with E-state index >= 15 is 0 Å². The molecule has 3 aromatic carbocycles. The summed E-state index contributed by atoms with van der Waals surface area (Å²) in [4.78, 5) is 57.7. The Morgan fingerprint density at radius 3 is 2.43 bits per heavy atom. The number of methoxy groups -OCH3 is 1. The lowest BCUT2D eigenvalue weighted by Crippen LogP contribution is -2.33. The highest BCUT2D eigenvalue weighted by atomic mass is 32.1. The van der Waals surface area contributed by atoms with E-state index in [1.807, 2.05) is 85.2 Å². The van der Waals surface area contributed by atoms with Crippen LogP contribution in [0.3, 0.4) is 0 Å². The van der Waals surface area contributed by atoms with Crippen molar-refractivity contribution in [2.24, 2.45) is 0 Å². The van der Waals surface area contributed by atoms with Gasteiger partial charge in [0.1, 0.15) is 11.6 Å². The fourth-order valence-electron chi connectivity index (χ4n) is 7.13. The zero-order chi connectivity index (χ0) is 40.3. The number of fused-ring (bicyclic) bond motifs is 2. The molecule has 2 N–H and O–H groups in total. The summed E-state index contributed by atoms with van der Waals surface area (Å²) in [6, 6.07) is 25.2. The van der Waals surface area contributed by atoms with Gasteiger partial charge in [-0.15, -0.1) is 0 Å². The van der Waals surface area contributed by atoms with E-state index in [1.54, 1.807) is 0 Å². The van der Waals surface area contributed by atoms with E-state index < -0.39 is 11.9 Å². The van der Waals surface area contributed by atoms with Crippen molar-refractivity contribution in [2.45, 2.75) is 70.8 Å². The number of rotatable bonds is 18. The first-order valence-corrected chi connectivity index (χ1v) is 20.5. The van der Waals surface area contributed by atoms with Crippen LogP contribution >= 0.6 is 11.3 Å². The quantitative estimate of drug-likeness (QED) is 0.0633. The van der Waals surface area contributed by atoms with Crippen LogP contribution in [0, 0.1) is 0 Å². The van der Waals surface area contributed by atoms with Crippen molar-refractivity contribution in [1.82, 2.24) is 19.9 Å². The largest absolute Gasteiger partial charge is 0.494 e. The fourth-order valence-corrected chi connectivity index (χ4v) is 7.99. The number of anilines is 2. The number of amides is 1. The van der Waals surface area contributed by atoms with E-state index in [1.165, 1.54) is 18.4 Å². The van der Waals surface area contributed by atoms with E-state index in [-0.39, 0.29) is 18.0 Å². The van der Waals surface area contributed by atoms with Crippen molar-refractivity contribution >= 4 is 50.3 Å². The Hall–Kier alpha value is -6.21. The average molecular weight is 799 g/mol. The molecule has 0 atom stereocenters. The van der Waals surface area contributed by atoms with Gasteiger partial charge in [-0.25, -0.2) is 24.7 Å². The number of aryl methyl sites for hydroxylation is 2. The highest BCUT2D eigenvalue weighted by Crippen LogP contribution is 2.30. The third-order valence-electron chi connectivity index (χ3n) is 10.2. The van der Waals surface area contributed by atoms with Crippen molar-refractivity contribution in [1.29, 1.82) is 0 Å². The van der Waals surface area contributed by atoms with Gasteiger partial charge in [0.25, 0.3) is 5.91 Å². The van der Waals surface area contributed by atoms with E-state index in [0.717, 1.165) is 88.7 Å². The Morgan fingerprint density at radius 1 is 0.845 bits per heavy atom. The van der Waals surface area contributed by atoms with Gasteiger partial charge in [-0.05, 0) is 109 Å². The lowest BCUT2D eigenvalue weighted by molar-refractivity contribution is -0.137. The third kappa shape index (κ3) is 10.2. The number of esters is 1. The third-order valence-corrected chi connectivity index (χ3v) is 11.2. The van der Waals surface area contributed by atoms with Crippen molar-refractivity contribution in [3.63, 3.8) is 0 Å². The smallest absolute Gasteiger partial charge is 0.357 e.